The summed E-state index contributed by atoms with van der Waals surface area (Å²) in [6, 6.07) is 16.7. The summed E-state index contributed by atoms with van der Waals surface area (Å²) in [4.78, 5) is 31.5. The maximum absolute atomic E-state index is 14.2. The summed E-state index contributed by atoms with van der Waals surface area (Å²) in [5.41, 5.74) is 14.0. The molecule has 1 fully saturated rings. The first-order valence-corrected chi connectivity index (χ1v) is 19.0. The number of thiazole rings is 2. The molecule has 0 radical (unpaired) electrons. The summed E-state index contributed by atoms with van der Waals surface area (Å²) in [5, 5.41) is 1.34. The van der Waals surface area contributed by atoms with Crippen LogP contribution < -0.4 is 20.9 Å². The van der Waals surface area contributed by atoms with Gasteiger partial charge in [0, 0.05) is 0 Å². The first-order chi connectivity index (χ1) is 26.0. The summed E-state index contributed by atoms with van der Waals surface area (Å²) in [5.74, 6) is -6.41. The highest BCUT2D eigenvalue weighted by Crippen LogP contribution is 2.37. The monoisotopic (exact) mass is 774 g/mol. The molecule has 54 heavy (non-hydrogen) atoms. The van der Waals surface area contributed by atoms with E-state index in [-0.39, 0.29) is 24.7 Å². The average Bonchev–Trinajstić information content (AvgIpc) is 3.97. The highest BCUT2D eigenvalue weighted by molar-refractivity contribution is 7.18. The van der Waals surface area contributed by atoms with Crippen LogP contribution in [0.3, 0.4) is 0 Å². The Balaban J connectivity index is 0.000000167. The number of allylic oxidation sites excluding steroid dienone is 2. The molecule has 0 unspecified atom stereocenters. The van der Waals surface area contributed by atoms with Crippen molar-refractivity contribution in [3.63, 3.8) is 0 Å². The SMILES string of the molecule is NC(=O)c1c(F)ccc(OCc2nc3cc(C4=CCCC4)ccc3s2)c1F.NC(=O)c1c(F)ccc(OCc2nc3cc(C4CCCC4)ccc3s2)c1F. The van der Waals surface area contributed by atoms with E-state index in [9.17, 15) is 27.2 Å². The molecule has 6 aromatic rings. The Bertz CT molecular complexity index is 2420. The van der Waals surface area contributed by atoms with Crippen molar-refractivity contribution < 1.29 is 36.6 Å². The molecule has 2 aromatic heterocycles. The largest absolute Gasteiger partial charge is 0.483 e. The Kier molecular flexibility index (Phi) is 10.9. The fourth-order valence-electron chi connectivity index (χ4n) is 6.76. The number of benzene rings is 4. The first kappa shape index (κ1) is 37.0. The van der Waals surface area contributed by atoms with E-state index >= 15 is 0 Å². The van der Waals surface area contributed by atoms with Crippen molar-refractivity contribution >= 4 is 60.5 Å². The molecule has 2 aliphatic carbocycles. The second-order valence-corrected chi connectivity index (χ2v) is 15.2. The molecular weight excluding hydrogens is 741 g/mol. The van der Waals surface area contributed by atoms with Crippen LogP contribution >= 0.6 is 22.7 Å². The number of fused-ring (bicyclic) bond motifs is 2. The van der Waals surface area contributed by atoms with Crippen molar-refractivity contribution in [1.82, 2.24) is 9.97 Å². The number of hydrogen-bond donors (Lipinski definition) is 2. The minimum atomic E-state index is -1.18. The summed E-state index contributed by atoms with van der Waals surface area (Å²) < 4.78 is 68.4. The maximum Gasteiger partial charge on any atom is 0.254 e. The van der Waals surface area contributed by atoms with Crippen LogP contribution in [-0.4, -0.2) is 21.8 Å². The smallest absolute Gasteiger partial charge is 0.254 e. The lowest BCUT2D eigenvalue weighted by atomic mass is 9.98. The number of nitrogens with zero attached hydrogens (tertiary/aromatic N) is 2. The molecule has 2 aliphatic rings. The zero-order chi connectivity index (χ0) is 37.9. The molecule has 4 aromatic carbocycles. The molecule has 4 N–H and O–H groups in total. The van der Waals surface area contributed by atoms with Crippen molar-refractivity contribution in [3.05, 3.63) is 122 Å². The Morgan fingerprint density at radius 3 is 1.76 bits per heavy atom. The van der Waals surface area contributed by atoms with Gasteiger partial charge in [0.05, 0.1) is 20.4 Å². The van der Waals surface area contributed by atoms with Gasteiger partial charge in [0.2, 0.25) is 0 Å². The van der Waals surface area contributed by atoms with Gasteiger partial charge in [0.1, 0.15) is 46.0 Å². The fraction of sp³-hybridized carbons (Fsp3) is 0.250. The molecule has 8 nitrogen and oxygen atoms in total. The summed E-state index contributed by atoms with van der Waals surface area (Å²) in [7, 11) is 0. The highest BCUT2D eigenvalue weighted by atomic mass is 32.1. The van der Waals surface area contributed by atoms with Crippen LogP contribution in [0.4, 0.5) is 17.6 Å². The average molecular weight is 775 g/mol. The number of ether oxygens (including phenoxy) is 2. The van der Waals surface area contributed by atoms with E-state index < -0.39 is 46.2 Å². The van der Waals surface area contributed by atoms with Gasteiger partial charge in [-0.15, -0.1) is 22.7 Å². The lowest BCUT2D eigenvalue weighted by Gasteiger charge is -2.08. The number of halogens is 4. The van der Waals surface area contributed by atoms with Crippen LogP contribution in [0.15, 0.2) is 66.7 Å². The molecule has 0 saturated heterocycles. The molecule has 14 heteroatoms. The minimum Gasteiger partial charge on any atom is -0.483 e. The Labute approximate surface area is 315 Å². The summed E-state index contributed by atoms with van der Waals surface area (Å²) in [6.07, 6.45) is 10.6. The molecule has 8 rings (SSSR count). The maximum atomic E-state index is 14.2. The Morgan fingerprint density at radius 1 is 0.704 bits per heavy atom. The van der Waals surface area contributed by atoms with E-state index in [1.54, 1.807) is 0 Å². The van der Waals surface area contributed by atoms with Crippen molar-refractivity contribution in [3.8, 4) is 11.5 Å². The number of amides is 2. The van der Waals surface area contributed by atoms with Crippen LogP contribution in [-0.2, 0) is 13.2 Å². The number of hydrogen-bond acceptors (Lipinski definition) is 8. The van der Waals surface area contributed by atoms with Crippen molar-refractivity contribution in [2.24, 2.45) is 11.5 Å². The second-order valence-electron chi connectivity index (χ2n) is 13.0. The van der Waals surface area contributed by atoms with Crippen molar-refractivity contribution in [2.75, 3.05) is 0 Å². The van der Waals surface area contributed by atoms with Gasteiger partial charge in [-0.05, 0) is 103 Å². The molecule has 2 heterocycles. The van der Waals surface area contributed by atoms with Gasteiger partial charge >= 0.3 is 0 Å². The number of aromatic nitrogens is 2. The van der Waals surface area contributed by atoms with Gasteiger partial charge in [0.25, 0.3) is 11.8 Å². The lowest BCUT2D eigenvalue weighted by Crippen LogP contribution is -2.16. The molecule has 278 valence electrons. The third-order valence-corrected chi connectivity index (χ3v) is 11.5. The topological polar surface area (TPSA) is 130 Å². The number of carbonyl (C=O) groups is 2. The van der Waals surface area contributed by atoms with Crippen molar-refractivity contribution in [2.45, 2.75) is 64.1 Å². The van der Waals surface area contributed by atoms with Gasteiger partial charge < -0.3 is 20.9 Å². The van der Waals surface area contributed by atoms with Gasteiger partial charge in [-0.1, -0.05) is 31.1 Å². The van der Waals surface area contributed by atoms with Gasteiger partial charge in [0.15, 0.2) is 23.1 Å². The quantitative estimate of drug-likeness (QED) is 0.133. The van der Waals surface area contributed by atoms with Crippen LogP contribution in [0, 0.1) is 23.3 Å². The van der Waals surface area contributed by atoms with Gasteiger partial charge in [-0.3, -0.25) is 9.59 Å². The standard InChI is InChI=1S/C20H18F2N2O2S.C20H16F2N2O2S/c2*21-13-6-7-15(19(22)18(13)20(23)25)26-10-17-24-14-9-12(5-8-16(14)27-17)11-3-1-2-4-11/h5-9,11H,1-4,10H2,(H2,23,25);3,5-9H,1-2,4,10H2,(H2,23,25). The molecule has 0 atom stereocenters. The second kappa shape index (κ2) is 15.9. The zero-order valence-electron chi connectivity index (χ0n) is 28.8. The Hall–Kier alpha value is -5.34. The third kappa shape index (κ3) is 7.94. The van der Waals surface area contributed by atoms with Crippen LogP contribution in [0.25, 0.3) is 26.0 Å². The van der Waals surface area contributed by atoms with Crippen LogP contribution in [0.5, 0.6) is 11.5 Å². The van der Waals surface area contributed by atoms with Gasteiger partial charge in [-0.2, -0.15) is 0 Å². The van der Waals surface area contributed by atoms with E-state index in [1.807, 2.05) is 6.07 Å². The molecule has 1 saturated carbocycles. The fourth-order valence-corrected chi connectivity index (χ4v) is 8.48. The van der Waals surface area contributed by atoms with Crippen LogP contribution in [0.2, 0.25) is 0 Å². The van der Waals surface area contributed by atoms with E-state index in [1.165, 1.54) is 71.5 Å². The summed E-state index contributed by atoms with van der Waals surface area (Å²) in [6.45, 7) is 0.0387. The van der Waals surface area contributed by atoms with E-state index in [0.717, 1.165) is 57.5 Å². The minimum absolute atomic E-state index is 0.0120. The molecule has 0 bridgehead atoms. The van der Waals surface area contributed by atoms with Gasteiger partial charge in [-0.25, -0.2) is 27.5 Å². The number of rotatable bonds is 10. The normalized spacial score (nSPS) is 14.3. The van der Waals surface area contributed by atoms with Crippen LogP contribution in [0.1, 0.15) is 92.7 Å². The number of carbonyl (C=O) groups excluding carboxylic acids is 2. The third-order valence-electron chi connectivity index (χ3n) is 9.43. The number of primary amides is 2. The predicted octanol–water partition coefficient (Wildman–Crippen LogP) is 9.73. The Morgan fingerprint density at radius 2 is 1.24 bits per heavy atom. The van der Waals surface area contributed by atoms with E-state index in [4.69, 9.17) is 20.9 Å². The lowest BCUT2D eigenvalue weighted by molar-refractivity contribution is 0.0982. The summed E-state index contributed by atoms with van der Waals surface area (Å²) >= 11 is 2.91. The molecular formula is C40H34F4N4O4S2. The van der Waals surface area contributed by atoms with E-state index in [0.29, 0.717) is 15.9 Å². The molecule has 0 spiro atoms. The zero-order valence-corrected chi connectivity index (χ0v) is 30.4. The number of nitrogens with two attached hydrogens (primary N) is 2. The highest BCUT2D eigenvalue weighted by Gasteiger charge is 2.22. The first-order valence-electron chi connectivity index (χ1n) is 17.3. The predicted molar refractivity (Wildman–Crippen MR) is 201 cm³/mol. The van der Waals surface area contributed by atoms with E-state index in [2.05, 4.69) is 46.4 Å². The van der Waals surface area contributed by atoms with Crippen molar-refractivity contribution in [1.29, 1.82) is 0 Å². The molecule has 2 amide bonds. The molecule has 0 aliphatic heterocycles.